The van der Waals surface area contributed by atoms with Crippen molar-refractivity contribution >= 4 is 16.6 Å². The number of imidazole rings is 1. The van der Waals surface area contributed by atoms with Crippen LogP contribution in [0.3, 0.4) is 0 Å². The van der Waals surface area contributed by atoms with Crippen LogP contribution in [0.4, 0.5) is 0 Å². The molecule has 1 N–H and O–H groups in total. The highest BCUT2D eigenvalue weighted by Crippen LogP contribution is 2.26. The van der Waals surface area contributed by atoms with E-state index in [1.165, 1.54) is 11.1 Å². The number of aromatic amines is 1. The van der Waals surface area contributed by atoms with Crippen molar-refractivity contribution in [1.82, 2.24) is 19.6 Å². The van der Waals surface area contributed by atoms with Crippen molar-refractivity contribution in [1.29, 1.82) is 0 Å². The second-order valence-corrected chi connectivity index (χ2v) is 5.15. The largest absolute Gasteiger partial charge is 0.338 e. The van der Waals surface area contributed by atoms with Crippen molar-refractivity contribution in [3.05, 3.63) is 53.9 Å². The fraction of sp³-hybridized carbons (Fsp3) is 0.125. The fourth-order valence-electron chi connectivity index (χ4n) is 2.72. The van der Waals surface area contributed by atoms with Gasteiger partial charge in [-0.25, -0.2) is 9.50 Å². The summed E-state index contributed by atoms with van der Waals surface area (Å²) in [4.78, 5) is 8.14. The van der Waals surface area contributed by atoms with Crippen LogP contribution in [0.25, 0.3) is 27.9 Å². The zero-order valence-corrected chi connectivity index (χ0v) is 11.4. The lowest BCUT2D eigenvalue weighted by Gasteiger charge is -1.96. The van der Waals surface area contributed by atoms with E-state index in [-0.39, 0.29) is 0 Å². The standard InChI is InChI=1S/C16H14N4/c1-10-7-11(2)15-13(8-10)18-16(19-15)12-9-17-20-6-4-3-5-14(12)20/h3-9H,1-2H3,(H,18,19). The molecule has 98 valence electrons. The lowest BCUT2D eigenvalue weighted by atomic mass is 10.1. The topological polar surface area (TPSA) is 46.0 Å². The summed E-state index contributed by atoms with van der Waals surface area (Å²) in [5, 5.41) is 4.36. The van der Waals surface area contributed by atoms with Gasteiger partial charge in [-0.1, -0.05) is 12.1 Å². The van der Waals surface area contributed by atoms with Gasteiger partial charge in [0.2, 0.25) is 0 Å². The third-order valence-corrected chi connectivity index (χ3v) is 3.60. The normalized spacial score (nSPS) is 11.5. The molecule has 0 atom stereocenters. The third kappa shape index (κ3) is 1.54. The highest BCUT2D eigenvalue weighted by atomic mass is 15.2. The Morgan fingerprint density at radius 2 is 2.05 bits per heavy atom. The summed E-state index contributed by atoms with van der Waals surface area (Å²) in [6, 6.07) is 10.3. The zero-order valence-electron chi connectivity index (χ0n) is 11.4. The predicted molar refractivity (Wildman–Crippen MR) is 79.8 cm³/mol. The molecule has 0 radical (unpaired) electrons. The van der Waals surface area contributed by atoms with Gasteiger partial charge in [-0.05, 0) is 43.2 Å². The summed E-state index contributed by atoms with van der Waals surface area (Å²) >= 11 is 0. The second kappa shape index (κ2) is 3.93. The molecule has 0 fully saturated rings. The van der Waals surface area contributed by atoms with E-state index in [9.17, 15) is 0 Å². The van der Waals surface area contributed by atoms with Gasteiger partial charge < -0.3 is 4.98 Å². The number of benzene rings is 1. The molecule has 0 spiro atoms. The number of aryl methyl sites for hydroxylation is 2. The maximum Gasteiger partial charge on any atom is 0.142 e. The Balaban J connectivity index is 2.01. The minimum absolute atomic E-state index is 0.870. The van der Waals surface area contributed by atoms with Crippen molar-refractivity contribution in [3.63, 3.8) is 0 Å². The average molecular weight is 262 g/mol. The Hall–Kier alpha value is -2.62. The molecule has 4 heteroatoms. The van der Waals surface area contributed by atoms with Gasteiger partial charge >= 0.3 is 0 Å². The van der Waals surface area contributed by atoms with Crippen LogP contribution >= 0.6 is 0 Å². The van der Waals surface area contributed by atoms with Gasteiger partial charge in [0, 0.05) is 6.20 Å². The Morgan fingerprint density at radius 1 is 1.15 bits per heavy atom. The van der Waals surface area contributed by atoms with Crippen LogP contribution in [0, 0.1) is 13.8 Å². The van der Waals surface area contributed by atoms with Crippen LogP contribution in [0.1, 0.15) is 11.1 Å². The van der Waals surface area contributed by atoms with E-state index >= 15 is 0 Å². The number of fused-ring (bicyclic) bond motifs is 2. The van der Waals surface area contributed by atoms with E-state index in [1.54, 1.807) is 0 Å². The van der Waals surface area contributed by atoms with E-state index in [4.69, 9.17) is 4.98 Å². The van der Waals surface area contributed by atoms with Crippen LogP contribution in [-0.2, 0) is 0 Å². The fourth-order valence-corrected chi connectivity index (χ4v) is 2.72. The Labute approximate surface area is 116 Å². The van der Waals surface area contributed by atoms with Gasteiger partial charge in [-0.2, -0.15) is 5.10 Å². The number of aromatic nitrogens is 4. The molecular weight excluding hydrogens is 248 g/mol. The first-order valence-corrected chi connectivity index (χ1v) is 6.62. The summed E-state index contributed by atoms with van der Waals surface area (Å²) < 4.78 is 1.86. The van der Waals surface area contributed by atoms with Gasteiger partial charge in [-0.3, -0.25) is 0 Å². The van der Waals surface area contributed by atoms with Crippen LogP contribution in [0.15, 0.2) is 42.7 Å². The lowest BCUT2D eigenvalue weighted by Crippen LogP contribution is -1.84. The Bertz CT molecular complexity index is 930. The molecule has 20 heavy (non-hydrogen) atoms. The van der Waals surface area contributed by atoms with Gasteiger partial charge in [0.25, 0.3) is 0 Å². The van der Waals surface area contributed by atoms with Gasteiger partial charge in [-0.15, -0.1) is 0 Å². The number of rotatable bonds is 1. The number of H-pyrrole nitrogens is 1. The van der Waals surface area contributed by atoms with E-state index in [0.717, 1.165) is 27.9 Å². The van der Waals surface area contributed by atoms with Crippen molar-refractivity contribution in [2.45, 2.75) is 13.8 Å². The molecule has 0 bridgehead atoms. The second-order valence-electron chi connectivity index (χ2n) is 5.15. The summed E-state index contributed by atoms with van der Waals surface area (Å²) in [5.74, 6) is 0.870. The van der Waals surface area contributed by atoms with Crippen molar-refractivity contribution < 1.29 is 0 Å². The number of pyridine rings is 1. The van der Waals surface area contributed by atoms with E-state index in [2.05, 4.69) is 36.1 Å². The van der Waals surface area contributed by atoms with Gasteiger partial charge in [0.05, 0.1) is 28.3 Å². The summed E-state index contributed by atoms with van der Waals surface area (Å²) in [5.41, 5.74) is 6.62. The van der Waals surface area contributed by atoms with E-state index in [0.29, 0.717) is 0 Å². The van der Waals surface area contributed by atoms with Gasteiger partial charge in [0.1, 0.15) is 5.82 Å². The quantitative estimate of drug-likeness (QED) is 0.570. The molecule has 0 amide bonds. The van der Waals surface area contributed by atoms with Crippen LogP contribution < -0.4 is 0 Å². The minimum Gasteiger partial charge on any atom is -0.338 e. The van der Waals surface area contributed by atoms with Crippen molar-refractivity contribution in [2.24, 2.45) is 0 Å². The SMILES string of the molecule is Cc1cc(C)c2nc(-c3cnn4ccccc34)[nH]c2c1. The van der Waals surface area contributed by atoms with Gasteiger partial charge in [0.15, 0.2) is 0 Å². The number of nitrogens with one attached hydrogen (secondary N) is 1. The zero-order chi connectivity index (χ0) is 13.7. The number of hydrogen-bond acceptors (Lipinski definition) is 2. The molecule has 4 aromatic rings. The Morgan fingerprint density at radius 3 is 2.95 bits per heavy atom. The summed E-state index contributed by atoms with van der Waals surface area (Å²) in [7, 11) is 0. The molecule has 0 saturated carbocycles. The maximum absolute atomic E-state index is 4.74. The molecule has 4 nitrogen and oxygen atoms in total. The molecule has 0 unspecified atom stereocenters. The molecule has 4 rings (SSSR count). The van der Waals surface area contributed by atoms with Crippen molar-refractivity contribution in [2.75, 3.05) is 0 Å². The lowest BCUT2D eigenvalue weighted by molar-refractivity contribution is 0.961. The van der Waals surface area contributed by atoms with Crippen LogP contribution in [0.2, 0.25) is 0 Å². The highest BCUT2D eigenvalue weighted by Gasteiger charge is 2.12. The smallest absolute Gasteiger partial charge is 0.142 e. The van der Waals surface area contributed by atoms with E-state index in [1.807, 2.05) is 35.1 Å². The van der Waals surface area contributed by atoms with E-state index < -0.39 is 0 Å². The predicted octanol–water partition coefficient (Wildman–Crippen LogP) is 3.49. The first kappa shape index (κ1) is 11.2. The molecule has 3 aromatic heterocycles. The van der Waals surface area contributed by atoms with Crippen LogP contribution in [-0.4, -0.2) is 19.6 Å². The van der Waals surface area contributed by atoms with Crippen LogP contribution in [0.5, 0.6) is 0 Å². The number of nitrogens with zero attached hydrogens (tertiary/aromatic N) is 3. The third-order valence-electron chi connectivity index (χ3n) is 3.60. The Kier molecular flexibility index (Phi) is 2.21. The monoisotopic (exact) mass is 262 g/mol. The average Bonchev–Trinajstić information content (AvgIpc) is 3.01. The molecule has 0 aliphatic carbocycles. The molecule has 1 aromatic carbocycles. The summed E-state index contributed by atoms with van der Waals surface area (Å²) in [6.45, 7) is 4.19. The van der Waals surface area contributed by atoms with Crippen molar-refractivity contribution in [3.8, 4) is 11.4 Å². The first-order valence-electron chi connectivity index (χ1n) is 6.62. The number of hydrogen-bond donors (Lipinski definition) is 1. The molecule has 0 aliphatic heterocycles. The molecular formula is C16H14N4. The molecule has 3 heterocycles. The molecule has 0 aliphatic rings. The first-order chi connectivity index (χ1) is 9.72. The summed E-state index contributed by atoms with van der Waals surface area (Å²) in [6.07, 6.45) is 3.80. The minimum atomic E-state index is 0.870. The maximum atomic E-state index is 4.74. The highest BCUT2D eigenvalue weighted by molar-refractivity contribution is 5.86. The molecule has 0 saturated heterocycles.